The first-order valence-corrected chi connectivity index (χ1v) is 6.22. The van der Waals surface area contributed by atoms with Crippen LogP contribution >= 0.6 is 0 Å². The molecule has 0 aromatic carbocycles. The number of aromatic nitrogens is 3. The Balaban J connectivity index is 2.48. The van der Waals surface area contributed by atoms with Crippen LogP contribution in [-0.2, 0) is 13.2 Å². The summed E-state index contributed by atoms with van der Waals surface area (Å²) in [6, 6.07) is 2.03. The number of anilines is 1. The highest BCUT2D eigenvalue weighted by Crippen LogP contribution is 2.32. The van der Waals surface area contributed by atoms with Gasteiger partial charge in [0.1, 0.15) is 11.5 Å². The van der Waals surface area contributed by atoms with Crippen molar-refractivity contribution in [3.05, 3.63) is 30.1 Å². The fourth-order valence-corrected chi connectivity index (χ4v) is 1.76. The maximum absolute atomic E-state index is 12.9. The van der Waals surface area contributed by atoms with E-state index in [1.54, 1.807) is 17.8 Å². The minimum atomic E-state index is -4.41. The van der Waals surface area contributed by atoms with Crippen LogP contribution < -0.4 is 5.32 Å². The van der Waals surface area contributed by atoms with Crippen LogP contribution in [0.15, 0.2) is 24.5 Å². The van der Waals surface area contributed by atoms with Gasteiger partial charge in [-0.1, -0.05) is 6.92 Å². The van der Waals surface area contributed by atoms with E-state index in [-0.39, 0.29) is 11.5 Å². The summed E-state index contributed by atoms with van der Waals surface area (Å²) >= 11 is 0. The molecule has 1 N–H and O–H groups in total. The monoisotopic (exact) mass is 284 g/mol. The van der Waals surface area contributed by atoms with Crippen LogP contribution in [0.25, 0.3) is 11.5 Å². The quantitative estimate of drug-likeness (QED) is 0.936. The minimum Gasteiger partial charge on any atom is -0.370 e. The molecule has 0 atom stereocenters. The van der Waals surface area contributed by atoms with Crippen molar-refractivity contribution >= 4 is 5.82 Å². The Labute approximate surface area is 114 Å². The Morgan fingerprint density at radius 2 is 2.05 bits per heavy atom. The number of nitrogens with one attached hydrogen (secondary N) is 1. The van der Waals surface area contributed by atoms with Gasteiger partial charge in [0.2, 0.25) is 0 Å². The third-order valence-corrected chi connectivity index (χ3v) is 2.76. The molecule has 0 unspecified atom stereocenters. The van der Waals surface area contributed by atoms with E-state index in [4.69, 9.17) is 0 Å². The zero-order valence-corrected chi connectivity index (χ0v) is 11.2. The number of aryl methyl sites for hydroxylation is 1. The standard InChI is InChI=1S/C13H15F3N4/c1-3-4-17-11-8-9(13(14,15)16)7-10(19-11)12-18-5-6-20(12)2/h5-8H,3-4H2,1-2H3,(H,17,19). The lowest BCUT2D eigenvalue weighted by atomic mass is 10.2. The van der Waals surface area contributed by atoms with Crippen molar-refractivity contribution in [3.8, 4) is 11.5 Å². The molecule has 2 heterocycles. The largest absolute Gasteiger partial charge is 0.416 e. The zero-order valence-electron chi connectivity index (χ0n) is 11.2. The summed E-state index contributed by atoms with van der Waals surface area (Å²) in [6.07, 6.45) is -0.423. The number of halogens is 3. The first kappa shape index (κ1) is 14.4. The molecular formula is C13H15F3N4. The van der Waals surface area contributed by atoms with E-state index in [0.717, 1.165) is 18.6 Å². The average molecular weight is 284 g/mol. The van der Waals surface area contributed by atoms with Gasteiger partial charge in [0, 0.05) is 26.0 Å². The maximum Gasteiger partial charge on any atom is 0.416 e. The topological polar surface area (TPSA) is 42.7 Å². The molecule has 108 valence electrons. The van der Waals surface area contributed by atoms with Crippen molar-refractivity contribution in [2.45, 2.75) is 19.5 Å². The van der Waals surface area contributed by atoms with Crippen LogP contribution in [-0.4, -0.2) is 21.1 Å². The first-order chi connectivity index (χ1) is 9.41. The highest BCUT2D eigenvalue weighted by molar-refractivity contribution is 5.56. The van der Waals surface area contributed by atoms with E-state index >= 15 is 0 Å². The number of pyridine rings is 1. The summed E-state index contributed by atoms with van der Waals surface area (Å²) in [5, 5.41) is 2.88. The van der Waals surface area contributed by atoms with Crippen molar-refractivity contribution in [2.75, 3.05) is 11.9 Å². The molecule has 0 spiro atoms. The van der Waals surface area contributed by atoms with Gasteiger partial charge >= 0.3 is 6.18 Å². The van der Waals surface area contributed by atoms with Gasteiger partial charge in [0.15, 0.2) is 5.82 Å². The van der Waals surface area contributed by atoms with Crippen molar-refractivity contribution in [3.63, 3.8) is 0 Å². The van der Waals surface area contributed by atoms with E-state index in [0.29, 0.717) is 12.4 Å². The van der Waals surface area contributed by atoms with Crippen molar-refractivity contribution in [2.24, 2.45) is 7.05 Å². The lowest BCUT2D eigenvalue weighted by Crippen LogP contribution is -2.10. The highest BCUT2D eigenvalue weighted by atomic mass is 19.4. The fourth-order valence-electron chi connectivity index (χ4n) is 1.76. The number of hydrogen-bond acceptors (Lipinski definition) is 3. The van der Waals surface area contributed by atoms with Gasteiger partial charge < -0.3 is 9.88 Å². The molecule has 2 rings (SSSR count). The van der Waals surface area contributed by atoms with E-state index in [1.165, 1.54) is 6.20 Å². The first-order valence-electron chi connectivity index (χ1n) is 6.22. The average Bonchev–Trinajstić information content (AvgIpc) is 2.81. The zero-order chi connectivity index (χ0) is 14.8. The molecule has 0 aliphatic heterocycles. The van der Waals surface area contributed by atoms with Crippen LogP contribution in [0.2, 0.25) is 0 Å². The molecule has 0 saturated carbocycles. The molecule has 0 aliphatic rings. The maximum atomic E-state index is 12.9. The minimum absolute atomic E-state index is 0.200. The van der Waals surface area contributed by atoms with Crippen molar-refractivity contribution in [1.29, 1.82) is 0 Å². The lowest BCUT2D eigenvalue weighted by molar-refractivity contribution is -0.137. The van der Waals surface area contributed by atoms with E-state index < -0.39 is 11.7 Å². The van der Waals surface area contributed by atoms with Gasteiger partial charge in [-0.15, -0.1) is 0 Å². The van der Waals surface area contributed by atoms with Crippen LogP contribution in [0.5, 0.6) is 0 Å². The molecule has 4 nitrogen and oxygen atoms in total. The molecule has 20 heavy (non-hydrogen) atoms. The smallest absolute Gasteiger partial charge is 0.370 e. The number of alkyl halides is 3. The molecule has 0 saturated heterocycles. The third kappa shape index (κ3) is 3.09. The van der Waals surface area contributed by atoms with Crippen LogP contribution in [0.3, 0.4) is 0 Å². The van der Waals surface area contributed by atoms with Gasteiger partial charge in [-0.05, 0) is 18.6 Å². The number of rotatable bonds is 4. The van der Waals surface area contributed by atoms with Gasteiger partial charge in [-0.2, -0.15) is 13.2 Å². The normalized spacial score (nSPS) is 11.7. The molecule has 0 fully saturated rings. The molecule has 0 radical (unpaired) electrons. The summed E-state index contributed by atoms with van der Waals surface area (Å²) in [5.74, 6) is 0.607. The number of nitrogens with zero attached hydrogens (tertiary/aromatic N) is 3. The molecule has 7 heteroatoms. The molecule has 2 aromatic heterocycles. The van der Waals surface area contributed by atoms with E-state index in [9.17, 15) is 13.2 Å². The fraction of sp³-hybridized carbons (Fsp3) is 0.385. The second kappa shape index (κ2) is 5.52. The number of imidazole rings is 1. The molecule has 0 aliphatic carbocycles. The lowest BCUT2D eigenvalue weighted by Gasteiger charge is -2.12. The van der Waals surface area contributed by atoms with Crippen molar-refractivity contribution in [1.82, 2.24) is 14.5 Å². The Morgan fingerprint density at radius 1 is 1.30 bits per heavy atom. The van der Waals surface area contributed by atoms with E-state index in [1.807, 2.05) is 6.92 Å². The van der Waals surface area contributed by atoms with Crippen LogP contribution in [0.1, 0.15) is 18.9 Å². The Hall–Kier alpha value is -2.05. The van der Waals surface area contributed by atoms with E-state index in [2.05, 4.69) is 15.3 Å². The second-order valence-corrected chi connectivity index (χ2v) is 4.41. The Kier molecular flexibility index (Phi) is 3.96. The van der Waals surface area contributed by atoms with Crippen LogP contribution in [0, 0.1) is 0 Å². The SMILES string of the molecule is CCCNc1cc(C(F)(F)F)cc(-c2nccn2C)n1. The summed E-state index contributed by atoms with van der Waals surface area (Å²) in [7, 11) is 1.71. The molecule has 0 bridgehead atoms. The van der Waals surface area contributed by atoms with Gasteiger partial charge in [-0.3, -0.25) is 0 Å². The molecule has 0 amide bonds. The van der Waals surface area contributed by atoms with Gasteiger partial charge in [0.05, 0.1) is 5.56 Å². The number of hydrogen-bond donors (Lipinski definition) is 1. The summed E-state index contributed by atoms with van der Waals surface area (Å²) in [4.78, 5) is 8.23. The Morgan fingerprint density at radius 3 is 2.60 bits per heavy atom. The highest BCUT2D eigenvalue weighted by Gasteiger charge is 2.32. The third-order valence-electron chi connectivity index (χ3n) is 2.76. The van der Waals surface area contributed by atoms with Gasteiger partial charge in [-0.25, -0.2) is 9.97 Å². The summed E-state index contributed by atoms with van der Waals surface area (Å²) in [6.45, 7) is 2.49. The van der Waals surface area contributed by atoms with Crippen molar-refractivity contribution < 1.29 is 13.2 Å². The predicted molar refractivity (Wildman–Crippen MR) is 70.2 cm³/mol. The van der Waals surface area contributed by atoms with Crippen LogP contribution in [0.4, 0.5) is 19.0 Å². The summed E-state index contributed by atoms with van der Waals surface area (Å²) in [5.41, 5.74) is -0.532. The predicted octanol–water partition coefficient (Wildman–Crippen LogP) is 3.32. The van der Waals surface area contributed by atoms with Gasteiger partial charge in [0.25, 0.3) is 0 Å². The second-order valence-electron chi connectivity index (χ2n) is 4.41. The molecule has 2 aromatic rings. The Bertz CT molecular complexity index is 590. The molecular weight excluding hydrogens is 269 g/mol. The summed E-state index contributed by atoms with van der Waals surface area (Å²) < 4.78 is 40.4.